The third-order valence-electron chi connectivity index (χ3n) is 2.43. The molecule has 0 unspecified atom stereocenters. The van der Waals surface area contributed by atoms with Crippen molar-refractivity contribution in [3.8, 4) is 11.5 Å². The van der Waals surface area contributed by atoms with Crippen LogP contribution in [-0.2, 0) is 4.79 Å². The molecule has 1 aromatic carbocycles. The van der Waals surface area contributed by atoms with Crippen LogP contribution in [0.1, 0.15) is 12.5 Å². The smallest absolute Gasteiger partial charge is 0.263 e. The van der Waals surface area contributed by atoms with Gasteiger partial charge in [0.1, 0.15) is 4.32 Å². The zero-order chi connectivity index (χ0) is 13.8. The third kappa shape index (κ3) is 3.27. The van der Waals surface area contributed by atoms with Gasteiger partial charge in [-0.2, -0.15) is 0 Å². The highest BCUT2D eigenvalue weighted by molar-refractivity contribution is 8.26. The molecule has 1 amide bonds. The van der Waals surface area contributed by atoms with Crippen LogP contribution in [0.15, 0.2) is 23.1 Å². The minimum atomic E-state index is -0.164. The lowest BCUT2D eigenvalue weighted by Crippen LogP contribution is -2.17. The van der Waals surface area contributed by atoms with Crippen molar-refractivity contribution in [1.82, 2.24) is 5.32 Å². The van der Waals surface area contributed by atoms with Crippen molar-refractivity contribution in [2.45, 2.75) is 6.92 Å². The zero-order valence-corrected chi connectivity index (χ0v) is 12.2. The molecular weight excluding hydrogens is 282 g/mol. The molecule has 19 heavy (non-hydrogen) atoms. The largest absolute Gasteiger partial charge is 0.493 e. The van der Waals surface area contributed by atoms with Crippen molar-refractivity contribution in [3.05, 3.63) is 28.7 Å². The first-order chi connectivity index (χ1) is 9.13. The summed E-state index contributed by atoms with van der Waals surface area (Å²) in [5.41, 5.74) is 0.864. The fraction of sp³-hybridized carbons (Fsp3) is 0.231. The van der Waals surface area contributed by atoms with Crippen LogP contribution in [0, 0.1) is 0 Å². The first kappa shape index (κ1) is 13.9. The van der Waals surface area contributed by atoms with Crippen molar-refractivity contribution in [3.63, 3.8) is 0 Å². The zero-order valence-electron chi connectivity index (χ0n) is 10.6. The molecule has 0 spiro atoms. The van der Waals surface area contributed by atoms with E-state index < -0.39 is 0 Å². The van der Waals surface area contributed by atoms with Gasteiger partial charge in [0.05, 0.1) is 18.6 Å². The summed E-state index contributed by atoms with van der Waals surface area (Å²) in [6.45, 7) is 2.49. The Labute approximate surface area is 121 Å². The highest BCUT2D eigenvalue weighted by Gasteiger charge is 2.22. The Bertz CT molecular complexity index is 555. The summed E-state index contributed by atoms with van der Waals surface area (Å²) < 4.78 is 11.2. The van der Waals surface area contributed by atoms with Crippen LogP contribution in [0.25, 0.3) is 6.08 Å². The molecule has 0 saturated carbocycles. The van der Waals surface area contributed by atoms with Gasteiger partial charge < -0.3 is 14.8 Å². The summed E-state index contributed by atoms with van der Waals surface area (Å²) >= 11 is 6.20. The molecule has 1 aliphatic rings. The number of carbonyl (C=O) groups is 1. The second-order valence-corrected chi connectivity index (χ2v) is 5.41. The van der Waals surface area contributed by atoms with E-state index in [1.54, 1.807) is 13.2 Å². The topological polar surface area (TPSA) is 47.6 Å². The number of rotatable bonds is 4. The van der Waals surface area contributed by atoms with Gasteiger partial charge in [-0.1, -0.05) is 30.0 Å². The van der Waals surface area contributed by atoms with Gasteiger partial charge in [0.15, 0.2) is 11.5 Å². The molecule has 0 aromatic heterocycles. The van der Waals surface area contributed by atoms with Crippen LogP contribution < -0.4 is 14.8 Å². The molecule has 2 rings (SSSR count). The Morgan fingerprint density at radius 1 is 1.42 bits per heavy atom. The predicted molar refractivity (Wildman–Crippen MR) is 80.5 cm³/mol. The van der Waals surface area contributed by atoms with Crippen molar-refractivity contribution in [1.29, 1.82) is 0 Å². The summed E-state index contributed by atoms with van der Waals surface area (Å²) in [7, 11) is 1.58. The number of thioether (sulfide) groups is 1. The summed E-state index contributed by atoms with van der Waals surface area (Å²) in [6.07, 6.45) is 1.78. The van der Waals surface area contributed by atoms with Gasteiger partial charge in [-0.25, -0.2) is 0 Å². The monoisotopic (exact) mass is 295 g/mol. The fourth-order valence-electron chi connectivity index (χ4n) is 1.62. The van der Waals surface area contributed by atoms with Crippen LogP contribution in [0.3, 0.4) is 0 Å². The van der Waals surface area contributed by atoms with E-state index in [1.807, 2.05) is 25.1 Å². The van der Waals surface area contributed by atoms with Crippen LogP contribution in [0.5, 0.6) is 11.5 Å². The van der Waals surface area contributed by atoms with Gasteiger partial charge >= 0.3 is 0 Å². The molecule has 100 valence electrons. The van der Waals surface area contributed by atoms with E-state index in [0.29, 0.717) is 27.3 Å². The summed E-state index contributed by atoms with van der Waals surface area (Å²) in [6, 6.07) is 5.52. The lowest BCUT2D eigenvalue weighted by molar-refractivity contribution is -0.115. The molecule has 0 bridgehead atoms. The molecule has 1 heterocycles. The van der Waals surface area contributed by atoms with Crippen LogP contribution in [0.4, 0.5) is 0 Å². The number of hydrogen-bond donors (Lipinski definition) is 1. The lowest BCUT2D eigenvalue weighted by Gasteiger charge is -2.09. The van der Waals surface area contributed by atoms with Crippen molar-refractivity contribution in [2.24, 2.45) is 0 Å². The molecule has 4 nitrogen and oxygen atoms in total. The molecule has 6 heteroatoms. The number of nitrogens with one attached hydrogen (secondary N) is 1. The maximum atomic E-state index is 11.6. The number of thiocarbonyl (C=S) groups is 1. The second-order valence-electron chi connectivity index (χ2n) is 3.70. The highest BCUT2D eigenvalue weighted by Crippen LogP contribution is 2.31. The van der Waals surface area contributed by atoms with E-state index in [4.69, 9.17) is 21.7 Å². The van der Waals surface area contributed by atoms with Gasteiger partial charge in [0.2, 0.25) is 0 Å². The normalized spacial score (nSPS) is 16.6. The predicted octanol–water partition coefficient (Wildman–Crippen LogP) is 2.58. The number of amides is 1. The molecule has 0 aliphatic carbocycles. The van der Waals surface area contributed by atoms with Gasteiger partial charge in [0, 0.05) is 0 Å². The minimum absolute atomic E-state index is 0.164. The molecule has 1 N–H and O–H groups in total. The number of methoxy groups -OCH3 is 1. The molecule has 1 fully saturated rings. The molecule has 1 saturated heterocycles. The molecule has 1 aliphatic heterocycles. The Morgan fingerprint density at radius 2 is 2.21 bits per heavy atom. The average molecular weight is 295 g/mol. The Balaban J connectivity index is 2.29. The first-order valence-corrected chi connectivity index (χ1v) is 6.92. The quantitative estimate of drug-likeness (QED) is 0.683. The molecule has 0 atom stereocenters. The number of benzene rings is 1. The van der Waals surface area contributed by atoms with Crippen molar-refractivity contribution in [2.75, 3.05) is 13.7 Å². The Morgan fingerprint density at radius 3 is 2.79 bits per heavy atom. The van der Waals surface area contributed by atoms with Gasteiger partial charge in [-0.15, -0.1) is 0 Å². The lowest BCUT2D eigenvalue weighted by atomic mass is 10.2. The van der Waals surface area contributed by atoms with Crippen molar-refractivity contribution < 1.29 is 14.3 Å². The summed E-state index contributed by atoms with van der Waals surface area (Å²) in [4.78, 5) is 12.1. The van der Waals surface area contributed by atoms with Gasteiger partial charge in [-0.05, 0) is 30.7 Å². The number of carbonyl (C=O) groups excluding carboxylic acids is 1. The van der Waals surface area contributed by atoms with E-state index in [2.05, 4.69) is 5.32 Å². The van der Waals surface area contributed by atoms with E-state index in [-0.39, 0.29) is 5.91 Å². The van der Waals surface area contributed by atoms with E-state index in [1.165, 1.54) is 11.8 Å². The highest BCUT2D eigenvalue weighted by atomic mass is 32.2. The van der Waals surface area contributed by atoms with Crippen LogP contribution in [0.2, 0.25) is 0 Å². The van der Waals surface area contributed by atoms with Gasteiger partial charge in [0.25, 0.3) is 5.91 Å². The average Bonchev–Trinajstić information content (AvgIpc) is 2.70. The SMILES string of the molecule is CCOc1ccc(C=C2SC(=S)NC2=O)cc1OC. The fourth-order valence-corrected chi connectivity index (χ4v) is 2.67. The molecular formula is C13H13NO3S2. The molecule has 1 aromatic rings. The number of hydrogen-bond acceptors (Lipinski definition) is 5. The summed E-state index contributed by atoms with van der Waals surface area (Å²) in [5, 5.41) is 2.58. The van der Waals surface area contributed by atoms with E-state index >= 15 is 0 Å². The van der Waals surface area contributed by atoms with Crippen LogP contribution in [-0.4, -0.2) is 23.9 Å². The molecule has 0 radical (unpaired) electrons. The maximum absolute atomic E-state index is 11.6. The van der Waals surface area contributed by atoms with E-state index in [0.717, 1.165) is 5.56 Å². The van der Waals surface area contributed by atoms with Crippen molar-refractivity contribution >= 4 is 40.3 Å². The first-order valence-electron chi connectivity index (χ1n) is 5.69. The minimum Gasteiger partial charge on any atom is -0.493 e. The van der Waals surface area contributed by atoms with Gasteiger partial charge in [-0.3, -0.25) is 4.79 Å². The summed E-state index contributed by atoms with van der Waals surface area (Å²) in [5.74, 6) is 1.16. The Hall–Kier alpha value is -1.53. The maximum Gasteiger partial charge on any atom is 0.263 e. The second kappa shape index (κ2) is 6.08. The van der Waals surface area contributed by atoms with Crippen LogP contribution >= 0.6 is 24.0 Å². The Kier molecular flexibility index (Phi) is 4.44. The number of ether oxygens (including phenoxy) is 2. The standard InChI is InChI=1S/C13H13NO3S2/c1-3-17-9-5-4-8(6-10(9)16-2)7-11-12(15)14-13(18)19-11/h4-7H,3H2,1-2H3,(H,14,15,18). The third-order valence-corrected chi connectivity index (χ3v) is 3.59. The van der Waals surface area contributed by atoms with E-state index in [9.17, 15) is 4.79 Å².